The molecule has 1 saturated heterocycles. The molecule has 112 valence electrons. The molecule has 0 radical (unpaired) electrons. The average molecular weight is 318 g/mol. The number of likely N-dealkylation sites (N-methyl/N-ethyl adjacent to an activating group) is 1. The zero-order valence-electron chi connectivity index (χ0n) is 11.5. The van der Waals surface area contributed by atoms with Crippen LogP contribution in [0, 0.1) is 0 Å². The summed E-state index contributed by atoms with van der Waals surface area (Å²) in [6.45, 7) is 1.10. The lowest BCUT2D eigenvalue weighted by atomic mass is 10.2. The van der Waals surface area contributed by atoms with Gasteiger partial charge in [0.15, 0.2) is 0 Å². The zero-order chi connectivity index (χ0) is 14.8. The molecule has 1 unspecified atom stereocenters. The third kappa shape index (κ3) is 2.73. The first-order chi connectivity index (χ1) is 9.52. The molecule has 2 heterocycles. The van der Waals surface area contributed by atoms with Gasteiger partial charge in [0.25, 0.3) is 0 Å². The van der Waals surface area contributed by atoms with Crippen molar-refractivity contribution in [1.29, 1.82) is 0 Å². The van der Waals surface area contributed by atoms with Crippen LogP contribution in [0.1, 0.15) is 22.5 Å². The Hall–Kier alpha value is -0.960. The first-order valence-corrected chi connectivity index (χ1v) is 8.66. The minimum atomic E-state index is -3.65. The Morgan fingerprint density at radius 2 is 2.35 bits per heavy atom. The van der Waals surface area contributed by atoms with Crippen LogP contribution in [0.3, 0.4) is 0 Å². The second-order valence-electron chi connectivity index (χ2n) is 4.58. The van der Waals surface area contributed by atoms with Crippen LogP contribution in [0.2, 0.25) is 0 Å². The molecular formula is C12H18N2O4S2. The van der Waals surface area contributed by atoms with E-state index in [1.54, 1.807) is 12.4 Å². The van der Waals surface area contributed by atoms with Crippen molar-refractivity contribution in [3.05, 3.63) is 16.3 Å². The molecular weight excluding hydrogens is 300 g/mol. The molecule has 0 spiro atoms. The molecule has 1 aliphatic heterocycles. The maximum atomic E-state index is 12.7. The number of nitrogens with one attached hydrogen (secondary N) is 1. The van der Waals surface area contributed by atoms with Crippen molar-refractivity contribution in [2.24, 2.45) is 0 Å². The summed E-state index contributed by atoms with van der Waals surface area (Å²) < 4.78 is 31.6. The van der Waals surface area contributed by atoms with Crippen molar-refractivity contribution in [2.45, 2.75) is 23.8 Å². The molecule has 1 aromatic rings. The Labute approximate surface area is 122 Å². The number of ether oxygens (including phenoxy) is 1. The van der Waals surface area contributed by atoms with Gasteiger partial charge in [-0.3, -0.25) is 0 Å². The fourth-order valence-electron chi connectivity index (χ4n) is 2.43. The Morgan fingerprint density at radius 3 is 3.00 bits per heavy atom. The van der Waals surface area contributed by atoms with E-state index in [4.69, 9.17) is 0 Å². The Kier molecular flexibility index (Phi) is 4.79. The second kappa shape index (κ2) is 6.21. The van der Waals surface area contributed by atoms with E-state index in [2.05, 4.69) is 10.1 Å². The van der Waals surface area contributed by atoms with Gasteiger partial charge in [0.1, 0.15) is 9.77 Å². The minimum Gasteiger partial charge on any atom is -0.465 e. The van der Waals surface area contributed by atoms with Crippen molar-refractivity contribution < 1.29 is 17.9 Å². The van der Waals surface area contributed by atoms with Crippen LogP contribution in [0.15, 0.2) is 16.3 Å². The lowest BCUT2D eigenvalue weighted by Gasteiger charge is -2.23. The Bertz CT molecular complexity index is 582. The molecule has 6 nitrogen and oxygen atoms in total. The van der Waals surface area contributed by atoms with Gasteiger partial charge < -0.3 is 10.1 Å². The molecule has 0 amide bonds. The monoisotopic (exact) mass is 318 g/mol. The van der Waals surface area contributed by atoms with Gasteiger partial charge in [-0.15, -0.1) is 11.3 Å². The molecule has 8 heteroatoms. The molecule has 1 atom stereocenters. The summed E-state index contributed by atoms with van der Waals surface area (Å²) >= 11 is 1.09. The molecule has 1 fully saturated rings. The van der Waals surface area contributed by atoms with E-state index in [1.165, 1.54) is 17.5 Å². The molecule has 20 heavy (non-hydrogen) atoms. The predicted molar refractivity (Wildman–Crippen MR) is 76.5 cm³/mol. The summed E-state index contributed by atoms with van der Waals surface area (Å²) in [5.41, 5.74) is 0. The van der Waals surface area contributed by atoms with Crippen molar-refractivity contribution in [3.63, 3.8) is 0 Å². The number of sulfonamides is 1. The van der Waals surface area contributed by atoms with Crippen LogP contribution in [0.25, 0.3) is 0 Å². The number of nitrogens with zero attached hydrogens (tertiary/aromatic N) is 1. The number of thiophene rings is 1. The number of carbonyl (C=O) groups is 1. The SMILES string of the molecule is CNCC1CCCN1S(=O)(=O)c1ccsc1C(=O)OC. The van der Waals surface area contributed by atoms with Crippen molar-refractivity contribution in [2.75, 3.05) is 27.2 Å². The number of hydrogen-bond donors (Lipinski definition) is 1. The van der Waals surface area contributed by atoms with Crippen molar-refractivity contribution in [1.82, 2.24) is 9.62 Å². The first kappa shape index (κ1) is 15.4. The highest BCUT2D eigenvalue weighted by Crippen LogP contribution is 2.30. The maximum absolute atomic E-state index is 12.7. The van der Waals surface area contributed by atoms with Crippen LogP contribution in [0.5, 0.6) is 0 Å². The lowest BCUT2D eigenvalue weighted by molar-refractivity contribution is 0.0602. The van der Waals surface area contributed by atoms with Gasteiger partial charge in [-0.25, -0.2) is 13.2 Å². The number of esters is 1. The van der Waals surface area contributed by atoms with Gasteiger partial charge in [-0.2, -0.15) is 4.31 Å². The zero-order valence-corrected chi connectivity index (χ0v) is 13.1. The third-order valence-electron chi connectivity index (χ3n) is 3.35. The molecule has 1 aromatic heterocycles. The topological polar surface area (TPSA) is 75.7 Å². The van der Waals surface area contributed by atoms with E-state index < -0.39 is 16.0 Å². The van der Waals surface area contributed by atoms with E-state index in [0.29, 0.717) is 13.1 Å². The smallest absolute Gasteiger partial charge is 0.349 e. The summed E-state index contributed by atoms with van der Waals surface area (Å²) in [4.78, 5) is 11.9. The van der Waals surface area contributed by atoms with Crippen LogP contribution in [0.4, 0.5) is 0 Å². The van der Waals surface area contributed by atoms with Crippen molar-refractivity contribution in [3.8, 4) is 0 Å². The quantitative estimate of drug-likeness (QED) is 0.817. The normalized spacial score (nSPS) is 20.2. The van der Waals surface area contributed by atoms with Crippen LogP contribution in [-0.4, -0.2) is 52.0 Å². The highest BCUT2D eigenvalue weighted by molar-refractivity contribution is 7.89. The highest BCUT2D eigenvalue weighted by Gasteiger charge is 2.37. The van der Waals surface area contributed by atoms with Crippen LogP contribution < -0.4 is 5.32 Å². The summed E-state index contributed by atoms with van der Waals surface area (Å²) in [6, 6.07) is 1.41. The molecule has 1 N–H and O–H groups in total. The van der Waals surface area contributed by atoms with Gasteiger partial charge in [0.2, 0.25) is 10.0 Å². The highest BCUT2D eigenvalue weighted by atomic mass is 32.2. The number of rotatable bonds is 5. The van der Waals surface area contributed by atoms with E-state index in [9.17, 15) is 13.2 Å². The van der Waals surface area contributed by atoms with Gasteiger partial charge in [-0.1, -0.05) is 0 Å². The predicted octanol–water partition coefficient (Wildman–Crippen LogP) is 0.907. The van der Waals surface area contributed by atoms with E-state index in [1.807, 2.05) is 0 Å². The van der Waals surface area contributed by atoms with E-state index in [-0.39, 0.29) is 15.8 Å². The largest absolute Gasteiger partial charge is 0.465 e. The molecule has 0 aromatic carbocycles. The van der Waals surface area contributed by atoms with Crippen LogP contribution >= 0.6 is 11.3 Å². The van der Waals surface area contributed by atoms with Gasteiger partial charge in [0, 0.05) is 19.1 Å². The average Bonchev–Trinajstić information content (AvgIpc) is 3.07. The first-order valence-electron chi connectivity index (χ1n) is 6.34. The minimum absolute atomic E-state index is 0.0531. The fourth-order valence-corrected chi connectivity index (χ4v) is 5.44. The Morgan fingerprint density at radius 1 is 1.60 bits per heavy atom. The van der Waals surface area contributed by atoms with Gasteiger partial charge >= 0.3 is 5.97 Å². The summed E-state index contributed by atoms with van der Waals surface area (Å²) in [6.07, 6.45) is 1.67. The summed E-state index contributed by atoms with van der Waals surface area (Å²) in [5.74, 6) is -0.608. The second-order valence-corrected chi connectivity index (χ2v) is 7.35. The van der Waals surface area contributed by atoms with E-state index in [0.717, 1.165) is 24.2 Å². The standard InChI is InChI=1S/C12H18N2O4S2/c1-13-8-9-4-3-6-14(9)20(16,17)10-5-7-19-11(10)12(15)18-2/h5,7,9,13H,3-4,6,8H2,1-2H3. The molecule has 1 aliphatic rings. The maximum Gasteiger partial charge on any atom is 0.349 e. The Balaban J connectivity index is 2.35. The summed E-state index contributed by atoms with van der Waals surface area (Å²) in [7, 11) is -0.602. The number of carbonyl (C=O) groups excluding carboxylic acids is 1. The number of hydrogen-bond acceptors (Lipinski definition) is 6. The lowest BCUT2D eigenvalue weighted by Crippen LogP contribution is -2.41. The fraction of sp³-hybridized carbons (Fsp3) is 0.583. The molecule has 0 saturated carbocycles. The van der Waals surface area contributed by atoms with Gasteiger partial charge in [-0.05, 0) is 31.3 Å². The third-order valence-corrected chi connectivity index (χ3v) is 6.37. The van der Waals surface area contributed by atoms with E-state index >= 15 is 0 Å². The van der Waals surface area contributed by atoms with Crippen molar-refractivity contribution >= 4 is 27.3 Å². The number of methoxy groups -OCH3 is 1. The molecule has 0 aliphatic carbocycles. The molecule has 0 bridgehead atoms. The molecule has 2 rings (SSSR count). The summed E-state index contributed by atoms with van der Waals surface area (Å²) in [5, 5.41) is 4.61. The van der Waals surface area contributed by atoms with Crippen LogP contribution in [-0.2, 0) is 14.8 Å². The van der Waals surface area contributed by atoms with Gasteiger partial charge in [0.05, 0.1) is 7.11 Å².